The van der Waals surface area contributed by atoms with Crippen molar-refractivity contribution in [1.82, 2.24) is 10.3 Å². The van der Waals surface area contributed by atoms with Crippen molar-refractivity contribution in [1.29, 1.82) is 0 Å². The van der Waals surface area contributed by atoms with Crippen LogP contribution < -0.4 is 10.1 Å². The van der Waals surface area contributed by atoms with Crippen molar-refractivity contribution in [2.45, 2.75) is 20.4 Å². The van der Waals surface area contributed by atoms with E-state index >= 15 is 0 Å². The Morgan fingerprint density at radius 3 is 2.54 bits per heavy atom. The van der Waals surface area contributed by atoms with Crippen LogP contribution in [0.5, 0.6) is 5.75 Å². The summed E-state index contributed by atoms with van der Waals surface area (Å²) in [6, 6.07) is 17.7. The molecule has 0 atom stereocenters. The van der Waals surface area contributed by atoms with Crippen molar-refractivity contribution in [3.8, 4) is 16.3 Å². The number of ether oxygens (including phenoxy) is 1. The van der Waals surface area contributed by atoms with Gasteiger partial charge in [0.1, 0.15) is 16.5 Å². The molecule has 0 spiro atoms. The number of rotatable bonds is 7. The van der Waals surface area contributed by atoms with E-state index in [0.717, 1.165) is 21.9 Å². The Hall–Kier alpha value is -2.66. The Bertz CT molecular complexity index is 842. The first-order valence-electron chi connectivity index (χ1n) is 8.62. The first-order chi connectivity index (χ1) is 12.6. The van der Waals surface area contributed by atoms with Crippen LogP contribution in [0.4, 0.5) is 0 Å². The summed E-state index contributed by atoms with van der Waals surface area (Å²) in [6.07, 6.45) is 0. The van der Waals surface area contributed by atoms with Crippen LogP contribution in [0.3, 0.4) is 0 Å². The summed E-state index contributed by atoms with van der Waals surface area (Å²) >= 11 is 1.46. The van der Waals surface area contributed by atoms with Gasteiger partial charge in [0.2, 0.25) is 0 Å². The van der Waals surface area contributed by atoms with Crippen LogP contribution in [-0.4, -0.2) is 17.5 Å². The lowest BCUT2D eigenvalue weighted by Crippen LogP contribution is -2.23. The lowest BCUT2D eigenvalue weighted by Gasteiger charge is -2.08. The van der Waals surface area contributed by atoms with Gasteiger partial charge in [0.05, 0.1) is 6.61 Å². The molecule has 26 heavy (non-hydrogen) atoms. The first-order valence-corrected chi connectivity index (χ1v) is 9.50. The summed E-state index contributed by atoms with van der Waals surface area (Å²) in [5.41, 5.74) is 2.49. The van der Waals surface area contributed by atoms with E-state index < -0.39 is 0 Å². The van der Waals surface area contributed by atoms with Crippen molar-refractivity contribution in [2.75, 3.05) is 6.61 Å². The highest BCUT2D eigenvalue weighted by Crippen LogP contribution is 2.26. The number of hydrogen-bond donors (Lipinski definition) is 1. The van der Waals surface area contributed by atoms with Gasteiger partial charge in [0.15, 0.2) is 0 Å². The van der Waals surface area contributed by atoms with Crippen LogP contribution in [0.25, 0.3) is 10.6 Å². The van der Waals surface area contributed by atoms with Crippen molar-refractivity contribution in [2.24, 2.45) is 5.92 Å². The van der Waals surface area contributed by atoms with Crippen LogP contribution in [-0.2, 0) is 6.54 Å². The Balaban J connectivity index is 1.61. The molecule has 0 bridgehead atoms. The maximum atomic E-state index is 12.3. The largest absolute Gasteiger partial charge is 0.493 e. The van der Waals surface area contributed by atoms with Crippen molar-refractivity contribution >= 4 is 17.2 Å². The van der Waals surface area contributed by atoms with Gasteiger partial charge < -0.3 is 10.1 Å². The molecule has 134 valence electrons. The highest BCUT2D eigenvalue weighted by atomic mass is 32.1. The topological polar surface area (TPSA) is 51.2 Å². The fraction of sp³-hybridized carbons (Fsp3) is 0.238. The quantitative estimate of drug-likeness (QED) is 0.655. The van der Waals surface area contributed by atoms with Gasteiger partial charge in [-0.1, -0.05) is 44.2 Å². The number of carbonyl (C=O) groups is 1. The van der Waals surface area contributed by atoms with Gasteiger partial charge in [-0.2, -0.15) is 0 Å². The zero-order chi connectivity index (χ0) is 18.4. The second-order valence-electron chi connectivity index (χ2n) is 6.44. The molecular weight excluding hydrogens is 344 g/mol. The molecule has 0 aliphatic rings. The zero-order valence-corrected chi connectivity index (χ0v) is 15.8. The smallest absolute Gasteiger partial charge is 0.271 e. The molecule has 1 heterocycles. The second kappa shape index (κ2) is 8.63. The van der Waals surface area contributed by atoms with E-state index in [1.54, 1.807) is 5.38 Å². The van der Waals surface area contributed by atoms with Gasteiger partial charge in [0.25, 0.3) is 5.91 Å². The minimum atomic E-state index is -0.159. The third-order valence-corrected chi connectivity index (χ3v) is 4.61. The first kappa shape index (κ1) is 18.1. The summed E-state index contributed by atoms with van der Waals surface area (Å²) in [5, 5.41) is 5.52. The molecule has 1 N–H and O–H groups in total. The average Bonchev–Trinajstić information content (AvgIpc) is 3.16. The minimum Gasteiger partial charge on any atom is -0.493 e. The number of thiazole rings is 1. The van der Waals surface area contributed by atoms with E-state index in [-0.39, 0.29) is 5.91 Å². The second-order valence-corrected chi connectivity index (χ2v) is 7.29. The normalized spacial score (nSPS) is 10.7. The molecule has 5 heteroatoms. The molecule has 1 amide bonds. The number of aromatic nitrogens is 1. The molecule has 2 aromatic carbocycles. The van der Waals surface area contributed by atoms with Crippen LogP contribution in [0.15, 0.2) is 60.0 Å². The lowest BCUT2D eigenvalue weighted by atomic mass is 10.2. The van der Waals surface area contributed by atoms with E-state index in [0.29, 0.717) is 24.8 Å². The van der Waals surface area contributed by atoms with Gasteiger partial charge in [0, 0.05) is 17.5 Å². The summed E-state index contributed by atoms with van der Waals surface area (Å²) in [6.45, 7) is 5.43. The highest BCUT2D eigenvalue weighted by Gasteiger charge is 2.12. The molecular formula is C21H22N2O2S. The molecule has 0 aliphatic heterocycles. The SMILES string of the molecule is CC(C)COc1ccc(-c2nc(C(=O)NCc3ccccc3)cs2)cc1. The number of nitrogens with one attached hydrogen (secondary N) is 1. The average molecular weight is 366 g/mol. The number of carbonyl (C=O) groups excluding carboxylic acids is 1. The third kappa shape index (κ3) is 4.92. The predicted molar refractivity (Wildman–Crippen MR) is 105 cm³/mol. The Labute approximate surface area is 157 Å². The summed E-state index contributed by atoms with van der Waals surface area (Å²) in [5.74, 6) is 1.18. The van der Waals surface area contributed by atoms with Crippen molar-refractivity contribution in [3.63, 3.8) is 0 Å². The van der Waals surface area contributed by atoms with Crippen LogP contribution in [0.1, 0.15) is 29.9 Å². The van der Waals surface area contributed by atoms with E-state index in [4.69, 9.17) is 4.74 Å². The summed E-state index contributed by atoms with van der Waals surface area (Å²) in [7, 11) is 0. The molecule has 0 saturated heterocycles. The molecule has 3 aromatic rings. The fourth-order valence-electron chi connectivity index (χ4n) is 2.34. The van der Waals surface area contributed by atoms with Gasteiger partial charge in [-0.3, -0.25) is 4.79 Å². The van der Waals surface area contributed by atoms with Crippen molar-refractivity contribution in [3.05, 3.63) is 71.2 Å². The predicted octanol–water partition coefficient (Wildman–Crippen LogP) is 4.77. The molecule has 0 unspecified atom stereocenters. The molecule has 0 fully saturated rings. The van der Waals surface area contributed by atoms with Gasteiger partial charge in [-0.15, -0.1) is 11.3 Å². The standard InChI is InChI=1S/C21H22N2O2S/c1-15(2)13-25-18-10-8-17(9-11-18)21-23-19(14-26-21)20(24)22-12-16-6-4-3-5-7-16/h3-11,14-15H,12-13H2,1-2H3,(H,22,24). The molecule has 0 radical (unpaired) electrons. The Kier molecular flexibility index (Phi) is 6.02. The molecule has 3 rings (SSSR count). The molecule has 1 aromatic heterocycles. The van der Waals surface area contributed by atoms with E-state index in [2.05, 4.69) is 24.1 Å². The molecule has 4 nitrogen and oxygen atoms in total. The zero-order valence-electron chi connectivity index (χ0n) is 14.9. The highest BCUT2D eigenvalue weighted by molar-refractivity contribution is 7.13. The maximum absolute atomic E-state index is 12.3. The van der Waals surface area contributed by atoms with Gasteiger partial charge >= 0.3 is 0 Å². The number of benzene rings is 2. The van der Waals surface area contributed by atoms with Gasteiger partial charge in [-0.05, 0) is 35.7 Å². The van der Waals surface area contributed by atoms with Crippen LogP contribution in [0, 0.1) is 5.92 Å². The van der Waals surface area contributed by atoms with Crippen LogP contribution in [0.2, 0.25) is 0 Å². The van der Waals surface area contributed by atoms with E-state index in [1.807, 2.05) is 54.6 Å². The minimum absolute atomic E-state index is 0.159. The number of hydrogen-bond acceptors (Lipinski definition) is 4. The van der Waals surface area contributed by atoms with E-state index in [1.165, 1.54) is 11.3 Å². The molecule has 0 aliphatic carbocycles. The van der Waals surface area contributed by atoms with E-state index in [9.17, 15) is 4.79 Å². The Morgan fingerprint density at radius 2 is 1.85 bits per heavy atom. The lowest BCUT2D eigenvalue weighted by molar-refractivity contribution is 0.0946. The summed E-state index contributed by atoms with van der Waals surface area (Å²) in [4.78, 5) is 16.7. The monoisotopic (exact) mass is 366 g/mol. The fourth-order valence-corrected chi connectivity index (χ4v) is 3.14. The third-order valence-electron chi connectivity index (χ3n) is 3.72. The Morgan fingerprint density at radius 1 is 1.12 bits per heavy atom. The maximum Gasteiger partial charge on any atom is 0.271 e. The van der Waals surface area contributed by atoms with Crippen LogP contribution >= 0.6 is 11.3 Å². The number of nitrogens with zero attached hydrogens (tertiary/aromatic N) is 1. The number of amides is 1. The summed E-state index contributed by atoms with van der Waals surface area (Å²) < 4.78 is 5.69. The van der Waals surface area contributed by atoms with Gasteiger partial charge in [-0.25, -0.2) is 4.98 Å². The van der Waals surface area contributed by atoms with Crippen molar-refractivity contribution < 1.29 is 9.53 Å². The molecule has 0 saturated carbocycles.